The fourth-order valence-corrected chi connectivity index (χ4v) is 4.02. The van der Waals surface area contributed by atoms with Gasteiger partial charge in [0.2, 0.25) is 0 Å². The number of fused-ring (bicyclic) bond motifs is 1. The maximum absolute atomic E-state index is 12.5. The van der Waals surface area contributed by atoms with Gasteiger partial charge in [-0.3, -0.25) is 9.69 Å². The van der Waals surface area contributed by atoms with Gasteiger partial charge in [-0.1, -0.05) is 42.5 Å². The zero-order chi connectivity index (χ0) is 20.2. The number of benzene rings is 3. The third-order valence-electron chi connectivity index (χ3n) is 5.13. The van der Waals surface area contributed by atoms with E-state index in [1.165, 1.54) is 22.8 Å². The highest BCUT2D eigenvalue weighted by Crippen LogP contribution is 2.21. The number of anilines is 1. The molecule has 0 fully saturated rings. The Hall–Kier alpha value is -2.80. The van der Waals surface area contributed by atoms with Crippen LogP contribution in [0.5, 0.6) is 0 Å². The Labute approximate surface area is 172 Å². The Morgan fingerprint density at radius 2 is 1.76 bits per heavy atom. The van der Waals surface area contributed by atoms with Crippen LogP contribution >= 0.6 is 0 Å². The molecule has 0 aromatic heterocycles. The Morgan fingerprint density at radius 3 is 2.52 bits per heavy atom. The van der Waals surface area contributed by atoms with Crippen LogP contribution in [0.3, 0.4) is 0 Å². The van der Waals surface area contributed by atoms with Crippen molar-refractivity contribution in [2.75, 3.05) is 11.9 Å². The molecule has 1 atom stereocenters. The molecule has 29 heavy (non-hydrogen) atoms. The molecule has 0 saturated heterocycles. The van der Waals surface area contributed by atoms with E-state index in [-0.39, 0.29) is 10.8 Å². The normalized spacial score (nSPS) is 14.8. The van der Waals surface area contributed by atoms with Gasteiger partial charge in [0.1, 0.15) is 0 Å². The molecule has 0 aliphatic carbocycles. The maximum atomic E-state index is 12.5. The first-order chi connectivity index (χ1) is 14.1. The van der Waals surface area contributed by atoms with Crippen LogP contribution in [0.4, 0.5) is 5.69 Å². The molecule has 1 heterocycles. The van der Waals surface area contributed by atoms with Crippen molar-refractivity contribution in [1.82, 2.24) is 4.90 Å². The fourth-order valence-electron chi connectivity index (χ4n) is 3.59. The second-order valence-corrected chi connectivity index (χ2v) is 8.13. The van der Waals surface area contributed by atoms with Crippen molar-refractivity contribution in [3.05, 3.63) is 95.1 Å². The molecular weight excluding hydrogens is 384 g/mol. The van der Waals surface area contributed by atoms with Crippen LogP contribution < -0.4 is 5.32 Å². The summed E-state index contributed by atoms with van der Waals surface area (Å²) in [5.41, 5.74) is 5.03. The topological polar surface area (TPSA) is 69.6 Å². The van der Waals surface area contributed by atoms with Crippen molar-refractivity contribution in [3.63, 3.8) is 0 Å². The van der Waals surface area contributed by atoms with Gasteiger partial charge in [0.05, 0.1) is 4.90 Å². The predicted octanol–water partition coefficient (Wildman–Crippen LogP) is 4.08. The van der Waals surface area contributed by atoms with E-state index < -0.39 is 11.1 Å². The molecule has 5 nitrogen and oxygen atoms in total. The van der Waals surface area contributed by atoms with Gasteiger partial charge in [-0.05, 0) is 53.4 Å². The van der Waals surface area contributed by atoms with Crippen molar-refractivity contribution < 1.29 is 13.6 Å². The number of hydrogen-bond acceptors (Lipinski definition) is 3. The van der Waals surface area contributed by atoms with Crippen LogP contribution in [0.25, 0.3) is 0 Å². The summed E-state index contributed by atoms with van der Waals surface area (Å²) in [7, 11) is 0. The molecule has 1 aliphatic rings. The van der Waals surface area contributed by atoms with Crippen molar-refractivity contribution in [1.29, 1.82) is 0 Å². The quantitative estimate of drug-likeness (QED) is 0.627. The van der Waals surface area contributed by atoms with E-state index in [1.807, 2.05) is 24.3 Å². The summed E-state index contributed by atoms with van der Waals surface area (Å²) in [6.45, 7) is 2.82. The van der Waals surface area contributed by atoms with Gasteiger partial charge in [0, 0.05) is 30.9 Å². The molecule has 0 saturated carbocycles. The molecule has 2 N–H and O–H groups in total. The van der Waals surface area contributed by atoms with E-state index in [4.69, 9.17) is 0 Å². The van der Waals surface area contributed by atoms with Gasteiger partial charge >= 0.3 is 0 Å². The van der Waals surface area contributed by atoms with Crippen LogP contribution in [0.2, 0.25) is 0 Å². The van der Waals surface area contributed by atoms with Crippen molar-refractivity contribution in [3.8, 4) is 0 Å². The molecule has 148 valence electrons. The lowest BCUT2D eigenvalue weighted by Crippen LogP contribution is -2.29. The van der Waals surface area contributed by atoms with Gasteiger partial charge in [-0.25, -0.2) is 4.21 Å². The summed E-state index contributed by atoms with van der Waals surface area (Å²) in [5, 5.41) is 2.77. The van der Waals surface area contributed by atoms with E-state index in [9.17, 15) is 13.6 Å². The Morgan fingerprint density at radius 1 is 1.00 bits per heavy atom. The molecule has 4 rings (SSSR count). The highest BCUT2D eigenvalue weighted by atomic mass is 32.2. The second kappa shape index (κ2) is 8.69. The molecule has 0 spiro atoms. The summed E-state index contributed by atoms with van der Waals surface area (Å²) in [6.07, 6.45) is 1.06. The van der Waals surface area contributed by atoms with E-state index in [1.54, 1.807) is 18.2 Å². The lowest BCUT2D eigenvalue weighted by Gasteiger charge is -2.28. The van der Waals surface area contributed by atoms with Gasteiger partial charge in [0.15, 0.2) is 11.1 Å². The Kier molecular flexibility index (Phi) is 5.85. The number of carbonyl (C=O) groups excluding carboxylic acids is 1. The Balaban J connectivity index is 1.38. The molecule has 1 aliphatic heterocycles. The van der Waals surface area contributed by atoms with Gasteiger partial charge in [0.25, 0.3) is 5.91 Å². The average Bonchev–Trinajstić information content (AvgIpc) is 2.74. The molecule has 1 unspecified atom stereocenters. The van der Waals surface area contributed by atoms with Gasteiger partial charge < -0.3 is 9.87 Å². The van der Waals surface area contributed by atoms with Crippen LogP contribution in [-0.2, 0) is 30.6 Å². The number of nitrogens with zero attached hydrogens (tertiary/aromatic N) is 1. The van der Waals surface area contributed by atoms with E-state index in [0.717, 1.165) is 26.1 Å². The van der Waals surface area contributed by atoms with Crippen molar-refractivity contribution >= 4 is 22.7 Å². The number of carbonyl (C=O) groups is 1. The van der Waals surface area contributed by atoms with Crippen LogP contribution in [0, 0.1) is 0 Å². The summed E-state index contributed by atoms with van der Waals surface area (Å²) in [4.78, 5) is 15.1. The highest BCUT2D eigenvalue weighted by Gasteiger charge is 2.16. The molecule has 0 bridgehead atoms. The predicted molar refractivity (Wildman–Crippen MR) is 114 cm³/mol. The monoisotopic (exact) mass is 406 g/mol. The third kappa shape index (κ3) is 4.79. The highest BCUT2D eigenvalue weighted by molar-refractivity contribution is 7.79. The standard InChI is InChI=1S/C23H22N2O3S/c26-23(24-21-6-3-7-22(14-21)29(27)28)19-10-8-17(9-11-19)15-25-13-12-18-4-1-2-5-20(18)16-25/h1-11,14H,12-13,15-16H2,(H,24,26)(H,27,28). The summed E-state index contributed by atoms with van der Waals surface area (Å²) in [5.74, 6) is -0.246. The minimum Gasteiger partial charge on any atom is -0.322 e. The third-order valence-corrected chi connectivity index (χ3v) is 5.78. The largest absolute Gasteiger partial charge is 0.322 e. The first-order valence-corrected chi connectivity index (χ1v) is 10.6. The molecule has 3 aromatic rings. The van der Waals surface area contributed by atoms with E-state index in [0.29, 0.717) is 11.3 Å². The van der Waals surface area contributed by atoms with E-state index >= 15 is 0 Å². The van der Waals surface area contributed by atoms with Crippen LogP contribution in [-0.4, -0.2) is 26.1 Å². The Bertz CT molecular complexity index is 1050. The molecule has 3 aromatic carbocycles. The average molecular weight is 407 g/mol. The molecule has 0 radical (unpaired) electrons. The lowest BCUT2D eigenvalue weighted by atomic mass is 9.99. The minimum atomic E-state index is -2.08. The number of hydrogen-bond donors (Lipinski definition) is 2. The smallest absolute Gasteiger partial charge is 0.255 e. The zero-order valence-corrected chi connectivity index (χ0v) is 16.7. The summed E-state index contributed by atoms with van der Waals surface area (Å²) in [6, 6.07) is 22.5. The van der Waals surface area contributed by atoms with Gasteiger partial charge in [-0.2, -0.15) is 0 Å². The first kappa shape index (κ1) is 19.5. The van der Waals surface area contributed by atoms with Gasteiger partial charge in [-0.15, -0.1) is 0 Å². The van der Waals surface area contributed by atoms with Crippen molar-refractivity contribution in [2.24, 2.45) is 0 Å². The van der Waals surface area contributed by atoms with Crippen LogP contribution in [0.15, 0.2) is 77.7 Å². The number of amides is 1. The van der Waals surface area contributed by atoms with E-state index in [2.05, 4.69) is 34.5 Å². The van der Waals surface area contributed by atoms with Crippen LogP contribution in [0.1, 0.15) is 27.0 Å². The second-order valence-electron chi connectivity index (χ2n) is 7.16. The first-order valence-electron chi connectivity index (χ1n) is 9.49. The maximum Gasteiger partial charge on any atom is 0.255 e. The summed E-state index contributed by atoms with van der Waals surface area (Å²) >= 11 is -2.08. The number of rotatable bonds is 5. The molecule has 1 amide bonds. The lowest BCUT2D eigenvalue weighted by molar-refractivity contribution is 0.102. The summed E-state index contributed by atoms with van der Waals surface area (Å²) < 4.78 is 20.3. The SMILES string of the molecule is O=C(Nc1cccc(S(=O)O)c1)c1ccc(CN2CCc3ccccc3C2)cc1. The van der Waals surface area contributed by atoms with Crippen molar-refractivity contribution in [2.45, 2.75) is 24.4 Å². The molecular formula is C23H22N2O3S. The zero-order valence-electron chi connectivity index (χ0n) is 15.9. The minimum absolute atomic E-state index is 0.246. The fraction of sp³-hybridized carbons (Fsp3) is 0.174. The number of nitrogens with one attached hydrogen (secondary N) is 1. The molecule has 6 heteroatoms.